The van der Waals surface area contributed by atoms with Gasteiger partial charge in [0, 0.05) is 44.7 Å². The lowest BCUT2D eigenvalue weighted by Gasteiger charge is -2.35. The van der Waals surface area contributed by atoms with Crippen molar-refractivity contribution in [2.75, 3.05) is 39.3 Å². The normalized spacial score (nSPS) is 23.7. The van der Waals surface area contributed by atoms with Gasteiger partial charge in [-0.25, -0.2) is 0 Å². The van der Waals surface area contributed by atoms with Gasteiger partial charge in [-0.05, 0) is 25.7 Å². The SMILES string of the molecule is I.NC(=NCCN1CCN(C(=O)C2CCCC2)CC1)NC1CCCCCC1. The summed E-state index contributed by atoms with van der Waals surface area (Å²) in [5.41, 5.74) is 6.07. The molecule has 0 spiro atoms. The first-order chi connectivity index (χ1) is 12.7. The van der Waals surface area contributed by atoms with Crippen LogP contribution in [0.15, 0.2) is 4.99 Å². The number of nitrogens with one attached hydrogen (secondary N) is 1. The van der Waals surface area contributed by atoms with E-state index >= 15 is 0 Å². The van der Waals surface area contributed by atoms with E-state index in [-0.39, 0.29) is 24.0 Å². The maximum atomic E-state index is 12.5. The summed E-state index contributed by atoms with van der Waals surface area (Å²) in [5.74, 6) is 1.31. The van der Waals surface area contributed by atoms with Gasteiger partial charge >= 0.3 is 0 Å². The molecule has 0 aromatic carbocycles. The predicted molar refractivity (Wildman–Crippen MR) is 122 cm³/mol. The van der Waals surface area contributed by atoms with Crippen molar-refractivity contribution in [1.29, 1.82) is 0 Å². The molecule has 2 saturated carbocycles. The predicted octanol–water partition coefficient (Wildman–Crippen LogP) is 2.57. The molecule has 0 radical (unpaired) electrons. The first-order valence-electron chi connectivity index (χ1n) is 10.8. The average Bonchev–Trinajstić information content (AvgIpc) is 3.07. The van der Waals surface area contributed by atoms with E-state index < -0.39 is 0 Å². The molecule has 6 nitrogen and oxygen atoms in total. The van der Waals surface area contributed by atoms with E-state index in [2.05, 4.69) is 20.1 Å². The van der Waals surface area contributed by atoms with E-state index in [4.69, 9.17) is 5.73 Å². The summed E-state index contributed by atoms with van der Waals surface area (Å²) in [5, 5.41) is 3.41. The van der Waals surface area contributed by atoms with Crippen LogP contribution in [-0.4, -0.2) is 67.0 Å². The zero-order valence-electron chi connectivity index (χ0n) is 16.7. The Balaban J connectivity index is 0.00000261. The van der Waals surface area contributed by atoms with Gasteiger partial charge in [-0.2, -0.15) is 0 Å². The Morgan fingerprint density at radius 1 is 0.926 bits per heavy atom. The Hall–Kier alpha value is -0.570. The summed E-state index contributed by atoms with van der Waals surface area (Å²) < 4.78 is 0. The average molecular weight is 491 g/mol. The van der Waals surface area contributed by atoms with Gasteiger partial charge < -0.3 is 16.0 Å². The van der Waals surface area contributed by atoms with Crippen molar-refractivity contribution in [1.82, 2.24) is 15.1 Å². The van der Waals surface area contributed by atoms with Crippen LogP contribution in [0.2, 0.25) is 0 Å². The molecule has 3 rings (SSSR count). The maximum absolute atomic E-state index is 12.5. The highest BCUT2D eigenvalue weighted by Gasteiger charge is 2.29. The Morgan fingerprint density at radius 3 is 2.15 bits per heavy atom. The number of carbonyl (C=O) groups is 1. The quantitative estimate of drug-likeness (QED) is 0.268. The number of rotatable bonds is 5. The van der Waals surface area contributed by atoms with E-state index in [0.717, 1.165) is 52.1 Å². The van der Waals surface area contributed by atoms with Gasteiger partial charge in [0.2, 0.25) is 5.91 Å². The van der Waals surface area contributed by atoms with Crippen LogP contribution in [0, 0.1) is 5.92 Å². The number of carbonyl (C=O) groups excluding carboxylic acids is 1. The van der Waals surface area contributed by atoms with E-state index in [1.807, 2.05) is 0 Å². The lowest BCUT2D eigenvalue weighted by Crippen LogP contribution is -2.50. The molecule has 0 aromatic heterocycles. The van der Waals surface area contributed by atoms with Crippen LogP contribution in [-0.2, 0) is 4.79 Å². The van der Waals surface area contributed by atoms with E-state index in [1.54, 1.807) is 0 Å². The second kappa shape index (κ2) is 12.1. The number of guanidine groups is 1. The van der Waals surface area contributed by atoms with Crippen molar-refractivity contribution in [2.45, 2.75) is 70.3 Å². The first kappa shape index (κ1) is 22.7. The summed E-state index contributed by atoms with van der Waals surface area (Å²) in [6, 6.07) is 0.506. The Morgan fingerprint density at radius 2 is 1.52 bits per heavy atom. The Labute approximate surface area is 181 Å². The fourth-order valence-electron chi connectivity index (χ4n) is 4.61. The highest BCUT2D eigenvalue weighted by Crippen LogP contribution is 2.26. The zero-order valence-corrected chi connectivity index (χ0v) is 19.0. The van der Waals surface area contributed by atoms with Crippen LogP contribution < -0.4 is 11.1 Å². The molecule has 2 aliphatic carbocycles. The molecular formula is C20H38IN5O. The van der Waals surface area contributed by atoms with Crippen molar-refractivity contribution in [3.63, 3.8) is 0 Å². The van der Waals surface area contributed by atoms with Gasteiger partial charge in [0.15, 0.2) is 5.96 Å². The molecule has 27 heavy (non-hydrogen) atoms. The maximum Gasteiger partial charge on any atom is 0.225 e. The van der Waals surface area contributed by atoms with Crippen LogP contribution in [0.1, 0.15) is 64.2 Å². The van der Waals surface area contributed by atoms with Crippen molar-refractivity contribution in [2.24, 2.45) is 16.6 Å². The van der Waals surface area contributed by atoms with E-state index in [1.165, 1.54) is 51.4 Å². The third kappa shape index (κ3) is 7.40. The highest BCUT2D eigenvalue weighted by molar-refractivity contribution is 14.0. The number of aliphatic imine (C=N–C) groups is 1. The van der Waals surface area contributed by atoms with Crippen LogP contribution in [0.5, 0.6) is 0 Å². The molecule has 1 saturated heterocycles. The summed E-state index contributed by atoms with van der Waals surface area (Å²) in [4.78, 5) is 21.5. The highest BCUT2D eigenvalue weighted by atomic mass is 127. The van der Waals surface area contributed by atoms with Gasteiger partial charge in [-0.3, -0.25) is 14.7 Å². The second-order valence-electron chi connectivity index (χ2n) is 8.25. The summed E-state index contributed by atoms with van der Waals surface area (Å²) >= 11 is 0. The number of hydrogen-bond acceptors (Lipinski definition) is 3. The molecule has 0 atom stereocenters. The number of piperazine rings is 1. The lowest BCUT2D eigenvalue weighted by atomic mass is 10.1. The molecule has 1 heterocycles. The van der Waals surface area contributed by atoms with Crippen LogP contribution in [0.4, 0.5) is 0 Å². The molecular weight excluding hydrogens is 453 g/mol. The number of halogens is 1. The molecule has 0 unspecified atom stereocenters. The molecule has 3 fully saturated rings. The van der Waals surface area contributed by atoms with Crippen LogP contribution >= 0.6 is 24.0 Å². The van der Waals surface area contributed by atoms with Gasteiger partial charge in [0.25, 0.3) is 0 Å². The third-order valence-electron chi connectivity index (χ3n) is 6.29. The van der Waals surface area contributed by atoms with Crippen molar-refractivity contribution in [3.05, 3.63) is 0 Å². The molecule has 1 aliphatic heterocycles. The lowest BCUT2D eigenvalue weighted by molar-refractivity contribution is -0.137. The molecule has 1 amide bonds. The van der Waals surface area contributed by atoms with E-state index in [9.17, 15) is 4.79 Å². The number of nitrogens with zero attached hydrogens (tertiary/aromatic N) is 3. The minimum absolute atomic E-state index is 0. The minimum atomic E-state index is 0. The molecule has 0 aromatic rings. The van der Waals surface area contributed by atoms with Crippen molar-refractivity contribution >= 4 is 35.8 Å². The largest absolute Gasteiger partial charge is 0.370 e. The number of nitrogens with two attached hydrogens (primary N) is 1. The molecule has 0 bridgehead atoms. The molecule has 7 heteroatoms. The zero-order chi connectivity index (χ0) is 18.2. The monoisotopic (exact) mass is 491 g/mol. The fourth-order valence-corrected chi connectivity index (χ4v) is 4.61. The summed E-state index contributed by atoms with van der Waals surface area (Å²) in [7, 11) is 0. The van der Waals surface area contributed by atoms with Gasteiger partial charge in [0.1, 0.15) is 0 Å². The van der Waals surface area contributed by atoms with Crippen molar-refractivity contribution in [3.8, 4) is 0 Å². The Bertz CT molecular complexity index is 465. The molecule has 3 aliphatic rings. The van der Waals surface area contributed by atoms with Crippen LogP contribution in [0.25, 0.3) is 0 Å². The fraction of sp³-hybridized carbons (Fsp3) is 0.900. The summed E-state index contributed by atoms with van der Waals surface area (Å²) in [6.07, 6.45) is 12.4. The third-order valence-corrected chi connectivity index (χ3v) is 6.29. The number of hydrogen-bond donors (Lipinski definition) is 2. The number of amides is 1. The van der Waals surface area contributed by atoms with E-state index in [0.29, 0.717) is 23.8 Å². The standard InChI is InChI=1S/C20H37N5O.HI/c21-20(23-18-9-3-1-2-4-10-18)22-11-12-24-13-15-25(16-14-24)19(26)17-7-5-6-8-17;/h17-18H,1-16H2,(H3,21,22,23);1H. The van der Waals surface area contributed by atoms with Gasteiger partial charge in [-0.15, -0.1) is 24.0 Å². The van der Waals surface area contributed by atoms with Crippen LogP contribution in [0.3, 0.4) is 0 Å². The topological polar surface area (TPSA) is 74.0 Å². The molecule has 3 N–H and O–H groups in total. The molecule has 156 valence electrons. The second-order valence-corrected chi connectivity index (χ2v) is 8.25. The smallest absolute Gasteiger partial charge is 0.225 e. The minimum Gasteiger partial charge on any atom is -0.370 e. The summed E-state index contributed by atoms with van der Waals surface area (Å²) in [6.45, 7) is 5.33. The van der Waals surface area contributed by atoms with Gasteiger partial charge in [-0.1, -0.05) is 38.5 Å². The first-order valence-corrected chi connectivity index (χ1v) is 10.8. The Kier molecular flexibility index (Phi) is 10.2. The van der Waals surface area contributed by atoms with Gasteiger partial charge in [0.05, 0.1) is 6.54 Å². The van der Waals surface area contributed by atoms with Crippen molar-refractivity contribution < 1.29 is 4.79 Å².